The number of hydrogen-bond acceptors (Lipinski definition) is 3. The van der Waals surface area contributed by atoms with Gasteiger partial charge in [0, 0.05) is 19.0 Å². The average Bonchev–Trinajstić information content (AvgIpc) is 2.36. The molecular formula is C13H23N3O. The fraction of sp³-hybridized carbons (Fsp3) is 0.769. The molecule has 0 aromatic heterocycles. The summed E-state index contributed by atoms with van der Waals surface area (Å²) in [7, 11) is 0. The normalized spacial score (nSPS) is 20.3. The molecule has 1 rings (SSSR count). The van der Waals surface area contributed by atoms with E-state index in [4.69, 9.17) is 12.2 Å². The molecule has 1 aliphatic rings. The summed E-state index contributed by atoms with van der Waals surface area (Å²) in [6, 6.07) is -0.203. The van der Waals surface area contributed by atoms with Crippen molar-refractivity contribution in [1.29, 1.82) is 0 Å². The van der Waals surface area contributed by atoms with E-state index in [1.54, 1.807) is 0 Å². The van der Waals surface area contributed by atoms with Gasteiger partial charge in [-0.1, -0.05) is 6.42 Å². The van der Waals surface area contributed by atoms with Crippen molar-refractivity contribution >= 4 is 5.91 Å². The highest BCUT2D eigenvalue weighted by Gasteiger charge is 2.18. The number of nitrogens with one attached hydrogen (secondary N) is 1. The van der Waals surface area contributed by atoms with Crippen molar-refractivity contribution < 1.29 is 4.79 Å². The lowest BCUT2D eigenvalue weighted by atomic mass is 10.1. The Hall–Kier alpha value is -1.05. The van der Waals surface area contributed by atoms with E-state index in [0.29, 0.717) is 19.0 Å². The summed E-state index contributed by atoms with van der Waals surface area (Å²) in [6.07, 6.45) is 9.26. The van der Waals surface area contributed by atoms with Crippen LogP contribution in [0, 0.1) is 12.3 Å². The summed E-state index contributed by atoms with van der Waals surface area (Å²) in [4.78, 5) is 14.0. The second-order valence-electron chi connectivity index (χ2n) is 4.71. The minimum atomic E-state index is -0.575. The molecule has 4 heteroatoms. The molecule has 0 aromatic carbocycles. The summed E-state index contributed by atoms with van der Waals surface area (Å²) < 4.78 is 0. The maximum absolute atomic E-state index is 11.6. The van der Waals surface area contributed by atoms with Crippen molar-refractivity contribution in [3.63, 3.8) is 0 Å². The van der Waals surface area contributed by atoms with Crippen LogP contribution in [0.3, 0.4) is 0 Å². The first-order chi connectivity index (χ1) is 8.15. The van der Waals surface area contributed by atoms with Crippen LogP contribution in [0.4, 0.5) is 0 Å². The molecule has 1 saturated heterocycles. The summed E-state index contributed by atoms with van der Waals surface area (Å²) in [6.45, 7) is 5.05. The first-order valence-corrected chi connectivity index (χ1v) is 6.36. The lowest BCUT2D eigenvalue weighted by Crippen LogP contribution is -2.48. The fourth-order valence-electron chi connectivity index (χ4n) is 2.09. The standard InChI is InChI=1S/C13H23N3O/c1-3-7-12(14)13(17)15-10-11(2)16-8-5-4-6-9-16/h1,11-12H,4-10,14H2,2H3,(H,15,17). The molecule has 3 N–H and O–H groups in total. The molecule has 1 amide bonds. The number of terminal acetylenes is 1. The van der Waals surface area contributed by atoms with Crippen molar-refractivity contribution in [3.05, 3.63) is 0 Å². The zero-order valence-electron chi connectivity index (χ0n) is 10.6. The first-order valence-electron chi connectivity index (χ1n) is 6.36. The molecule has 17 heavy (non-hydrogen) atoms. The quantitative estimate of drug-likeness (QED) is 0.677. The Morgan fingerprint density at radius 2 is 2.12 bits per heavy atom. The summed E-state index contributed by atoms with van der Waals surface area (Å²) in [5.41, 5.74) is 5.62. The van der Waals surface area contributed by atoms with Gasteiger partial charge in [-0.3, -0.25) is 9.69 Å². The Morgan fingerprint density at radius 1 is 1.47 bits per heavy atom. The van der Waals surface area contributed by atoms with Crippen LogP contribution in [-0.4, -0.2) is 42.5 Å². The van der Waals surface area contributed by atoms with E-state index in [1.165, 1.54) is 19.3 Å². The predicted molar refractivity (Wildman–Crippen MR) is 69.3 cm³/mol. The molecule has 1 heterocycles. The van der Waals surface area contributed by atoms with E-state index in [0.717, 1.165) is 13.1 Å². The van der Waals surface area contributed by atoms with Crippen molar-refractivity contribution in [2.45, 2.75) is 44.7 Å². The van der Waals surface area contributed by atoms with Gasteiger partial charge in [0.2, 0.25) is 5.91 Å². The number of nitrogens with two attached hydrogens (primary N) is 1. The molecule has 4 nitrogen and oxygen atoms in total. The zero-order valence-corrected chi connectivity index (χ0v) is 10.6. The van der Waals surface area contributed by atoms with Crippen LogP contribution >= 0.6 is 0 Å². The van der Waals surface area contributed by atoms with Crippen molar-refractivity contribution in [2.24, 2.45) is 5.73 Å². The molecule has 0 aromatic rings. The maximum Gasteiger partial charge on any atom is 0.237 e. The number of amides is 1. The van der Waals surface area contributed by atoms with Gasteiger partial charge in [-0.15, -0.1) is 12.3 Å². The van der Waals surface area contributed by atoms with E-state index in [1.807, 2.05) is 0 Å². The van der Waals surface area contributed by atoms with E-state index in [9.17, 15) is 4.79 Å². The second kappa shape index (κ2) is 7.31. The third kappa shape index (κ3) is 4.76. The van der Waals surface area contributed by atoms with Crippen molar-refractivity contribution in [1.82, 2.24) is 10.2 Å². The van der Waals surface area contributed by atoms with Gasteiger partial charge in [0.1, 0.15) is 0 Å². The van der Waals surface area contributed by atoms with Crippen LogP contribution in [-0.2, 0) is 4.79 Å². The van der Waals surface area contributed by atoms with Crippen molar-refractivity contribution in [3.8, 4) is 12.3 Å². The van der Waals surface area contributed by atoms with Gasteiger partial charge in [-0.2, -0.15) is 0 Å². The molecule has 0 bridgehead atoms. The Balaban J connectivity index is 2.25. The second-order valence-corrected chi connectivity index (χ2v) is 4.71. The van der Waals surface area contributed by atoms with Gasteiger partial charge in [0.25, 0.3) is 0 Å². The van der Waals surface area contributed by atoms with Gasteiger partial charge in [0.05, 0.1) is 6.04 Å². The molecule has 0 aliphatic carbocycles. The Labute approximate surface area is 104 Å². The number of rotatable bonds is 5. The topological polar surface area (TPSA) is 58.4 Å². The Kier molecular flexibility index (Phi) is 6.03. The van der Waals surface area contributed by atoms with Gasteiger partial charge in [-0.25, -0.2) is 0 Å². The largest absolute Gasteiger partial charge is 0.353 e. The van der Waals surface area contributed by atoms with E-state index in [-0.39, 0.29) is 5.91 Å². The minimum absolute atomic E-state index is 0.146. The summed E-state index contributed by atoms with van der Waals surface area (Å²) >= 11 is 0. The van der Waals surface area contributed by atoms with Crippen molar-refractivity contribution in [2.75, 3.05) is 19.6 Å². The zero-order chi connectivity index (χ0) is 12.7. The number of carbonyl (C=O) groups excluding carboxylic acids is 1. The minimum Gasteiger partial charge on any atom is -0.353 e. The highest BCUT2D eigenvalue weighted by atomic mass is 16.2. The fourth-order valence-corrected chi connectivity index (χ4v) is 2.09. The van der Waals surface area contributed by atoms with Crippen LogP contribution in [0.5, 0.6) is 0 Å². The van der Waals surface area contributed by atoms with Crippen LogP contribution < -0.4 is 11.1 Å². The van der Waals surface area contributed by atoms with Crippen LogP contribution in [0.15, 0.2) is 0 Å². The lowest BCUT2D eigenvalue weighted by Gasteiger charge is -2.32. The number of piperidine rings is 1. The van der Waals surface area contributed by atoms with Crippen LogP contribution in [0.1, 0.15) is 32.6 Å². The molecule has 96 valence electrons. The average molecular weight is 237 g/mol. The first kappa shape index (κ1) is 14.0. The van der Waals surface area contributed by atoms with E-state index < -0.39 is 6.04 Å². The molecule has 0 saturated carbocycles. The molecule has 1 aliphatic heterocycles. The van der Waals surface area contributed by atoms with Gasteiger partial charge in [-0.05, 0) is 32.9 Å². The van der Waals surface area contributed by atoms with Gasteiger partial charge in [0.15, 0.2) is 0 Å². The number of hydrogen-bond donors (Lipinski definition) is 2. The van der Waals surface area contributed by atoms with Gasteiger partial charge < -0.3 is 11.1 Å². The third-order valence-electron chi connectivity index (χ3n) is 3.26. The van der Waals surface area contributed by atoms with Crippen LogP contribution in [0.2, 0.25) is 0 Å². The Bertz CT molecular complexity index is 279. The highest BCUT2D eigenvalue weighted by molar-refractivity contribution is 5.81. The molecule has 1 fully saturated rings. The Morgan fingerprint density at radius 3 is 2.71 bits per heavy atom. The number of carbonyl (C=O) groups is 1. The highest BCUT2D eigenvalue weighted by Crippen LogP contribution is 2.11. The number of likely N-dealkylation sites (tertiary alicyclic amines) is 1. The van der Waals surface area contributed by atoms with E-state index in [2.05, 4.69) is 23.1 Å². The SMILES string of the molecule is C#CCC(N)C(=O)NCC(C)N1CCCCC1. The molecule has 0 radical (unpaired) electrons. The summed E-state index contributed by atoms with van der Waals surface area (Å²) in [5, 5.41) is 2.86. The molecule has 2 unspecified atom stereocenters. The maximum atomic E-state index is 11.6. The third-order valence-corrected chi connectivity index (χ3v) is 3.26. The summed E-state index contributed by atoms with van der Waals surface area (Å²) in [5.74, 6) is 2.26. The molecule has 0 spiro atoms. The van der Waals surface area contributed by atoms with Crippen LogP contribution in [0.25, 0.3) is 0 Å². The lowest BCUT2D eigenvalue weighted by molar-refractivity contribution is -0.122. The number of nitrogens with zero attached hydrogens (tertiary/aromatic N) is 1. The monoisotopic (exact) mass is 237 g/mol. The smallest absolute Gasteiger partial charge is 0.237 e. The van der Waals surface area contributed by atoms with Gasteiger partial charge >= 0.3 is 0 Å². The van der Waals surface area contributed by atoms with E-state index >= 15 is 0 Å². The molecular weight excluding hydrogens is 214 g/mol. The predicted octanol–water partition coefficient (Wildman–Crippen LogP) is 0.328. The molecule has 2 atom stereocenters.